The number of amides is 4. The lowest BCUT2D eigenvalue weighted by atomic mass is 10.0. The maximum Gasteiger partial charge on any atom is 0.255 e. The number of carbonyl (C=O) groups is 4. The van der Waals surface area contributed by atoms with Crippen LogP contribution in [0.25, 0.3) is 0 Å². The molecule has 3 aromatic carbocycles. The molecule has 1 aliphatic rings. The summed E-state index contributed by atoms with van der Waals surface area (Å²) in [5.74, 6) is -1.88. The highest BCUT2D eigenvalue weighted by atomic mass is 19.1. The summed E-state index contributed by atoms with van der Waals surface area (Å²) < 4.78 is 32.4. The molecular formula is C37H45FN4O7. The van der Waals surface area contributed by atoms with Crippen molar-refractivity contribution in [1.29, 1.82) is 0 Å². The average molecular weight is 677 g/mol. The molecule has 11 nitrogen and oxygen atoms in total. The summed E-state index contributed by atoms with van der Waals surface area (Å²) in [5, 5.41) is 8.21. The quantitative estimate of drug-likeness (QED) is 0.282. The van der Waals surface area contributed by atoms with Gasteiger partial charge < -0.3 is 35.1 Å². The van der Waals surface area contributed by atoms with E-state index in [4.69, 9.17) is 14.2 Å². The molecule has 0 spiro atoms. The molecule has 0 radical (unpaired) electrons. The Labute approximate surface area is 286 Å². The number of carbonyl (C=O) groups excluding carboxylic acids is 4. The molecule has 0 bridgehead atoms. The van der Waals surface area contributed by atoms with E-state index >= 15 is 0 Å². The molecule has 3 aromatic rings. The zero-order valence-corrected chi connectivity index (χ0v) is 28.6. The summed E-state index contributed by atoms with van der Waals surface area (Å²) in [7, 11) is 0. The van der Waals surface area contributed by atoms with Crippen LogP contribution in [0.15, 0.2) is 66.7 Å². The molecule has 3 N–H and O–H groups in total. The number of benzene rings is 3. The number of halogens is 1. The van der Waals surface area contributed by atoms with Crippen LogP contribution >= 0.6 is 0 Å². The Hall–Kier alpha value is -5.13. The normalized spacial score (nSPS) is 17.9. The minimum Gasteiger partial charge on any atom is -0.491 e. The lowest BCUT2D eigenvalue weighted by Crippen LogP contribution is -2.54. The van der Waals surface area contributed by atoms with Crippen molar-refractivity contribution in [3.05, 3.63) is 83.7 Å². The zero-order valence-electron chi connectivity index (χ0n) is 28.6. The van der Waals surface area contributed by atoms with Crippen LogP contribution in [-0.4, -0.2) is 73.0 Å². The van der Waals surface area contributed by atoms with Gasteiger partial charge in [-0.1, -0.05) is 49.7 Å². The van der Waals surface area contributed by atoms with Gasteiger partial charge in [-0.25, -0.2) is 4.39 Å². The van der Waals surface area contributed by atoms with Crippen molar-refractivity contribution in [2.24, 2.45) is 5.92 Å². The van der Waals surface area contributed by atoms with E-state index in [1.165, 1.54) is 12.1 Å². The number of hydrogen-bond donors (Lipinski definition) is 3. The Morgan fingerprint density at radius 3 is 2.47 bits per heavy atom. The number of likely N-dealkylation sites (N-methyl/N-ethyl adjacent to an activating group) is 1. The van der Waals surface area contributed by atoms with Gasteiger partial charge in [0.05, 0.1) is 24.6 Å². The number of aryl methyl sites for hydroxylation is 1. The van der Waals surface area contributed by atoms with E-state index in [0.717, 1.165) is 5.56 Å². The van der Waals surface area contributed by atoms with Crippen LogP contribution < -0.4 is 30.2 Å². The third-order valence-corrected chi connectivity index (χ3v) is 7.84. The molecule has 1 heterocycles. The zero-order chi connectivity index (χ0) is 35.5. The smallest absolute Gasteiger partial charge is 0.255 e. The Morgan fingerprint density at radius 2 is 1.76 bits per heavy atom. The van der Waals surface area contributed by atoms with Crippen molar-refractivity contribution in [3.8, 4) is 23.0 Å². The van der Waals surface area contributed by atoms with E-state index in [9.17, 15) is 23.6 Å². The van der Waals surface area contributed by atoms with Gasteiger partial charge >= 0.3 is 0 Å². The molecule has 4 amide bonds. The van der Waals surface area contributed by atoms with E-state index in [1.54, 1.807) is 54.3 Å². The first kappa shape index (κ1) is 36.7. The van der Waals surface area contributed by atoms with Gasteiger partial charge in [-0.15, -0.1) is 0 Å². The Morgan fingerprint density at radius 1 is 1.02 bits per heavy atom. The minimum absolute atomic E-state index is 0.0897. The largest absolute Gasteiger partial charge is 0.491 e. The van der Waals surface area contributed by atoms with Crippen LogP contribution in [0, 0.1) is 18.7 Å². The number of rotatable bonds is 10. The van der Waals surface area contributed by atoms with Crippen molar-refractivity contribution < 1.29 is 37.8 Å². The summed E-state index contributed by atoms with van der Waals surface area (Å²) in [6, 6.07) is 15.3. The van der Waals surface area contributed by atoms with Gasteiger partial charge in [0.1, 0.15) is 36.8 Å². The highest BCUT2D eigenvalue weighted by molar-refractivity contribution is 6.01. The fourth-order valence-electron chi connectivity index (χ4n) is 5.30. The van der Waals surface area contributed by atoms with Crippen LogP contribution in [-0.2, 0) is 14.4 Å². The standard InChI is InChI=1S/C37H45FN4O7/c1-6-42-18-19-47-31-12-8-7-10-27(31)35(44)41-29(21-33(43)40-30(37(42)46)20-23(2)3)36(45)39-25(5)22-48-34-28(38)11-9-13-32(34)49-26-16-14-24(4)15-17-26/h7-17,23,25,29-30H,6,18-22H2,1-5H3,(H,39,45)(H,40,43)(H,41,44)/t25-,29+,30+/m1/s1. The first-order valence-electron chi connectivity index (χ1n) is 16.5. The van der Waals surface area contributed by atoms with Crippen molar-refractivity contribution in [2.75, 3.05) is 26.3 Å². The molecular weight excluding hydrogens is 631 g/mol. The van der Waals surface area contributed by atoms with Crippen molar-refractivity contribution in [1.82, 2.24) is 20.9 Å². The van der Waals surface area contributed by atoms with Gasteiger partial charge in [0, 0.05) is 6.54 Å². The lowest BCUT2D eigenvalue weighted by molar-refractivity contribution is -0.137. The Bertz CT molecular complexity index is 1610. The van der Waals surface area contributed by atoms with Crippen molar-refractivity contribution in [3.63, 3.8) is 0 Å². The van der Waals surface area contributed by atoms with E-state index in [2.05, 4.69) is 16.0 Å². The SMILES string of the molecule is CCN1CCOc2ccccc2C(=O)N[C@H](C(=O)N[C@H](C)COc2c(F)cccc2Oc2ccc(C)cc2)CC(=O)N[C@@H](CC(C)C)C1=O. The van der Waals surface area contributed by atoms with E-state index in [-0.39, 0.29) is 54.4 Å². The number of ether oxygens (including phenoxy) is 3. The Kier molecular flexibility index (Phi) is 13.0. The number of nitrogens with zero attached hydrogens (tertiary/aromatic N) is 1. The highest BCUT2D eigenvalue weighted by Gasteiger charge is 2.31. The van der Waals surface area contributed by atoms with Crippen LogP contribution in [0.4, 0.5) is 4.39 Å². The number of fused-ring (bicyclic) bond motifs is 1. The van der Waals surface area contributed by atoms with Gasteiger partial charge in [-0.05, 0) is 69.5 Å². The molecule has 0 unspecified atom stereocenters. The molecule has 262 valence electrons. The van der Waals surface area contributed by atoms with Gasteiger partial charge in [0.2, 0.25) is 17.7 Å². The van der Waals surface area contributed by atoms with Gasteiger partial charge in [0.15, 0.2) is 17.3 Å². The van der Waals surface area contributed by atoms with Crippen LogP contribution in [0.2, 0.25) is 0 Å². The van der Waals surface area contributed by atoms with E-state index < -0.39 is 48.1 Å². The number of para-hydroxylation sites is 2. The van der Waals surface area contributed by atoms with Crippen LogP contribution in [0.1, 0.15) is 56.5 Å². The summed E-state index contributed by atoms with van der Waals surface area (Å²) in [6.45, 7) is 9.93. The summed E-state index contributed by atoms with van der Waals surface area (Å²) >= 11 is 0. The molecule has 0 saturated heterocycles. The van der Waals surface area contributed by atoms with E-state index in [0.29, 0.717) is 18.7 Å². The number of nitrogens with one attached hydrogen (secondary N) is 3. The predicted molar refractivity (Wildman–Crippen MR) is 182 cm³/mol. The molecule has 3 atom stereocenters. The first-order chi connectivity index (χ1) is 23.4. The molecule has 0 aromatic heterocycles. The fraction of sp³-hybridized carbons (Fsp3) is 0.405. The lowest BCUT2D eigenvalue weighted by Gasteiger charge is -2.29. The first-order valence-corrected chi connectivity index (χ1v) is 16.5. The highest BCUT2D eigenvalue weighted by Crippen LogP contribution is 2.34. The van der Waals surface area contributed by atoms with Crippen molar-refractivity contribution in [2.45, 2.75) is 65.6 Å². The van der Waals surface area contributed by atoms with Crippen molar-refractivity contribution >= 4 is 23.6 Å². The molecule has 12 heteroatoms. The average Bonchev–Trinajstić information content (AvgIpc) is 3.06. The van der Waals surface area contributed by atoms with E-state index in [1.807, 2.05) is 39.8 Å². The minimum atomic E-state index is -1.32. The topological polar surface area (TPSA) is 135 Å². The maximum absolute atomic E-state index is 14.9. The third kappa shape index (κ3) is 10.4. The molecule has 1 aliphatic heterocycles. The summed E-state index contributed by atoms with van der Waals surface area (Å²) in [5.41, 5.74) is 1.21. The molecule has 49 heavy (non-hydrogen) atoms. The molecule has 0 saturated carbocycles. The van der Waals surface area contributed by atoms with Crippen LogP contribution in [0.3, 0.4) is 0 Å². The Balaban J connectivity index is 1.52. The second-order valence-electron chi connectivity index (χ2n) is 12.4. The fourth-order valence-corrected chi connectivity index (χ4v) is 5.30. The summed E-state index contributed by atoms with van der Waals surface area (Å²) in [4.78, 5) is 55.6. The van der Waals surface area contributed by atoms with Crippen LogP contribution in [0.5, 0.6) is 23.0 Å². The second-order valence-corrected chi connectivity index (χ2v) is 12.4. The third-order valence-electron chi connectivity index (χ3n) is 7.84. The second kappa shape index (κ2) is 17.3. The van der Waals surface area contributed by atoms with Gasteiger partial charge in [-0.2, -0.15) is 0 Å². The molecule has 4 rings (SSSR count). The molecule has 0 aliphatic carbocycles. The van der Waals surface area contributed by atoms with Gasteiger partial charge in [-0.3, -0.25) is 19.2 Å². The maximum atomic E-state index is 14.9. The molecule has 0 fully saturated rings. The summed E-state index contributed by atoms with van der Waals surface area (Å²) in [6.07, 6.45) is -0.0575. The number of hydrogen-bond acceptors (Lipinski definition) is 7. The predicted octanol–water partition coefficient (Wildman–Crippen LogP) is 4.77. The van der Waals surface area contributed by atoms with Gasteiger partial charge in [0.25, 0.3) is 5.91 Å². The monoisotopic (exact) mass is 676 g/mol.